The molecule has 1 amide bonds. The van der Waals surface area contributed by atoms with Gasteiger partial charge in [0.25, 0.3) is 5.91 Å². The van der Waals surface area contributed by atoms with Crippen LogP contribution in [0.2, 0.25) is 0 Å². The third-order valence-corrected chi connectivity index (χ3v) is 2.55. The van der Waals surface area contributed by atoms with Gasteiger partial charge in [0.2, 0.25) is 0 Å². The van der Waals surface area contributed by atoms with Gasteiger partial charge in [0, 0.05) is 26.3 Å². The zero-order valence-corrected chi connectivity index (χ0v) is 10.8. The van der Waals surface area contributed by atoms with E-state index in [4.69, 9.17) is 14.4 Å². The Morgan fingerprint density at radius 3 is 3.11 bits per heavy atom. The zero-order valence-electron chi connectivity index (χ0n) is 10.8. The number of nitrogens with zero attached hydrogens (tertiary/aromatic N) is 1. The number of aliphatic hydroxyl groups excluding tert-OH is 1. The highest BCUT2D eigenvalue weighted by Gasteiger charge is 2.11. The molecule has 0 aromatic carbocycles. The molecule has 0 aliphatic rings. The number of carbonyl (C=O) groups is 1. The number of carbonyl (C=O) groups excluding carboxylic acids is 1. The Morgan fingerprint density at radius 1 is 1.67 bits per heavy atom. The molecule has 2 N–H and O–H groups in total. The van der Waals surface area contributed by atoms with Gasteiger partial charge < -0.3 is 19.7 Å². The summed E-state index contributed by atoms with van der Waals surface area (Å²) in [6.45, 7) is 3.01. The quantitative estimate of drug-likeness (QED) is 0.677. The van der Waals surface area contributed by atoms with Crippen molar-refractivity contribution in [3.63, 3.8) is 0 Å². The smallest absolute Gasteiger partial charge is 0.273 e. The lowest BCUT2D eigenvalue weighted by Crippen LogP contribution is -2.25. The van der Waals surface area contributed by atoms with Crippen LogP contribution in [-0.4, -0.2) is 36.4 Å². The first-order valence-corrected chi connectivity index (χ1v) is 6.01. The van der Waals surface area contributed by atoms with Crippen molar-refractivity contribution in [3.05, 3.63) is 17.5 Å². The van der Waals surface area contributed by atoms with Crippen LogP contribution in [0.5, 0.6) is 0 Å². The monoisotopic (exact) mass is 256 g/mol. The number of ether oxygens (including phenoxy) is 1. The maximum atomic E-state index is 11.7. The molecular weight excluding hydrogens is 236 g/mol. The first-order chi connectivity index (χ1) is 8.67. The van der Waals surface area contributed by atoms with Crippen molar-refractivity contribution in [1.82, 2.24) is 10.5 Å². The fourth-order valence-electron chi connectivity index (χ4n) is 1.46. The number of hydrogen-bond donors (Lipinski definition) is 2. The van der Waals surface area contributed by atoms with Gasteiger partial charge in [0.1, 0.15) is 6.61 Å². The Kier molecular flexibility index (Phi) is 6.38. The van der Waals surface area contributed by atoms with E-state index in [9.17, 15) is 4.79 Å². The summed E-state index contributed by atoms with van der Waals surface area (Å²) in [6.07, 6.45) is 1.71. The molecule has 1 rings (SSSR count). The number of rotatable bonds is 8. The van der Waals surface area contributed by atoms with E-state index in [0.717, 1.165) is 12.8 Å². The van der Waals surface area contributed by atoms with E-state index < -0.39 is 0 Å². The van der Waals surface area contributed by atoms with Crippen LogP contribution in [0.3, 0.4) is 0 Å². The highest BCUT2D eigenvalue weighted by atomic mass is 16.5. The van der Waals surface area contributed by atoms with Crippen molar-refractivity contribution in [1.29, 1.82) is 0 Å². The average molecular weight is 256 g/mol. The van der Waals surface area contributed by atoms with Gasteiger partial charge in [0.05, 0.1) is 0 Å². The Balaban J connectivity index is 2.27. The van der Waals surface area contributed by atoms with E-state index in [1.807, 2.05) is 6.92 Å². The SMILES string of the molecule is COCc1cc(C(=O)NCCCC(C)CO)no1. The minimum atomic E-state index is -0.252. The molecule has 6 heteroatoms. The van der Waals surface area contributed by atoms with E-state index in [1.165, 1.54) is 0 Å². The molecule has 0 spiro atoms. The fourth-order valence-corrected chi connectivity index (χ4v) is 1.46. The molecule has 0 bridgehead atoms. The summed E-state index contributed by atoms with van der Waals surface area (Å²) in [5.41, 5.74) is 0.261. The highest BCUT2D eigenvalue weighted by molar-refractivity contribution is 5.92. The maximum absolute atomic E-state index is 11.7. The van der Waals surface area contributed by atoms with Crippen molar-refractivity contribution in [2.75, 3.05) is 20.3 Å². The van der Waals surface area contributed by atoms with Crippen LogP contribution in [0, 0.1) is 5.92 Å². The Hall–Kier alpha value is -1.40. The third-order valence-electron chi connectivity index (χ3n) is 2.55. The minimum absolute atomic E-state index is 0.178. The third kappa shape index (κ3) is 4.85. The molecule has 0 fully saturated rings. The number of amides is 1. The van der Waals surface area contributed by atoms with Gasteiger partial charge in [-0.05, 0) is 18.8 Å². The summed E-state index contributed by atoms with van der Waals surface area (Å²) in [4.78, 5) is 11.7. The molecule has 0 saturated carbocycles. The summed E-state index contributed by atoms with van der Waals surface area (Å²) in [5.74, 6) is 0.538. The van der Waals surface area contributed by atoms with Gasteiger partial charge in [-0.3, -0.25) is 4.79 Å². The molecule has 18 heavy (non-hydrogen) atoms. The lowest BCUT2D eigenvalue weighted by Gasteiger charge is -2.07. The number of methoxy groups -OCH3 is 1. The van der Waals surface area contributed by atoms with E-state index >= 15 is 0 Å². The van der Waals surface area contributed by atoms with Crippen molar-refractivity contribution in [3.8, 4) is 0 Å². The van der Waals surface area contributed by atoms with Crippen LogP contribution in [0.1, 0.15) is 36.0 Å². The molecule has 102 valence electrons. The highest BCUT2D eigenvalue weighted by Crippen LogP contribution is 2.05. The van der Waals surface area contributed by atoms with E-state index in [-0.39, 0.29) is 24.1 Å². The van der Waals surface area contributed by atoms with Crippen LogP contribution < -0.4 is 5.32 Å². The predicted molar refractivity (Wildman–Crippen MR) is 65.0 cm³/mol. The minimum Gasteiger partial charge on any atom is -0.396 e. The summed E-state index contributed by atoms with van der Waals surface area (Å²) in [6, 6.07) is 1.56. The summed E-state index contributed by atoms with van der Waals surface area (Å²) in [7, 11) is 1.55. The van der Waals surface area contributed by atoms with Crippen LogP contribution in [0.15, 0.2) is 10.6 Å². The number of nitrogens with one attached hydrogen (secondary N) is 1. The van der Waals surface area contributed by atoms with Crippen molar-refractivity contribution in [2.24, 2.45) is 5.92 Å². The molecule has 1 aromatic heterocycles. The largest absolute Gasteiger partial charge is 0.396 e. The number of hydrogen-bond acceptors (Lipinski definition) is 5. The average Bonchev–Trinajstić information content (AvgIpc) is 2.83. The van der Waals surface area contributed by atoms with Crippen molar-refractivity contribution >= 4 is 5.91 Å². The Morgan fingerprint density at radius 2 is 2.44 bits per heavy atom. The van der Waals surface area contributed by atoms with Gasteiger partial charge in [-0.25, -0.2) is 0 Å². The van der Waals surface area contributed by atoms with Crippen LogP contribution in [0.25, 0.3) is 0 Å². The second kappa shape index (κ2) is 7.84. The molecule has 1 atom stereocenters. The maximum Gasteiger partial charge on any atom is 0.273 e. The molecule has 0 aliphatic carbocycles. The molecule has 6 nitrogen and oxygen atoms in total. The van der Waals surface area contributed by atoms with Gasteiger partial charge in [-0.1, -0.05) is 12.1 Å². The first kappa shape index (κ1) is 14.7. The standard InChI is InChI=1S/C12H20N2O4/c1-9(7-15)4-3-5-13-12(16)11-6-10(8-17-2)18-14-11/h6,9,15H,3-5,7-8H2,1-2H3,(H,13,16). The lowest BCUT2D eigenvalue weighted by atomic mass is 10.1. The predicted octanol–water partition coefficient (Wildman–Crippen LogP) is 0.959. The Bertz CT molecular complexity index is 365. The summed E-state index contributed by atoms with van der Waals surface area (Å²) >= 11 is 0. The van der Waals surface area contributed by atoms with E-state index in [1.54, 1.807) is 13.2 Å². The van der Waals surface area contributed by atoms with Crippen molar-refractivity contribution < 1.29 is 19.2 Å². The zero-order chi connectivity index (χ0) is 13.4. The second-order valence-corrected chi connectivity index (χ2v) is 4.30. The molecule has 0 saturated heterocycles. The fraction of sp³-hybridized carbons (Fsp3) is 0.667. The lowest BCUT2D eigenvalue weighted by molar-refractivity contribution is 0.0942. The molecule has 0 radical (unpaired) electrons. The van der Waals surface area contributed by atoms with Crippen LogP contribution in [-0.2, 0) is 11.3 Å². The van der Waals surface area contributed by atoms with Crippen LogP contribution >= 0.6 is 0 Å². The topological polar surface area (TPSA) is 84.6 Å². The number of aromatic nitrogens is 1. The van der Waals surface area contributed by atoms with Gasteiger partial charge >= 0.3 is 0 Å². The van der Waals surface area contributed by atoms with Gasteiger partial charge in [0.15, 0.2) is 11.5 Å². The summed E-state index contributed by atoms with van der Waals surface area (Å²) < 4.78 is 9.79. The molecule has 0 aliphatic heterocycles. The second-order valence-electron chi connectivity index (χ2n) is 4.30. The molecule has 1 unspecified atom stereocenters. The molecule has 1 aromatic rings. The van der Waals surface area contributed by atoms with Gasteiger partial charge in [-0.2, -0.15) is 0 Å². The van der Waals surface area contributed by atoms with E-state index in [2.05, 4.69) is 10.5 Å². The summed E-state index contributed by atoms with van der Waals surface area (Å²) in [5, 5.41) is 15.3. The van der Waals surface area contributed by atoms with Crippen LogP contribution in [0.4, 0.5) is 0 Å². The first-order valence-electron chi connectivity index (χ1n) is 6.01. The van der Waals surface area contributed by atoms with Crippen molar-refractivity contribution in [2.45, 2.75) is 26.4 Å². The van der Waals surface area contributed by atoms with Gasteiger partial charge in [-0.15, -0.1) is 0 Å². The van der Waals surface area contributed by atoms with E-state index in [0.29, 0.717) is 18.9 Å². The normalized spacial score (nSPS) is 12.4. The molecule has 1 heterocycles. The molecular formula is C12H20N2O4. The Labute approximate surface area is 106 Å². The number of aliphatic hydroxyl groups is 1.